The highest BCUT2D eigenvalue weighted by Gasteiger charge is 2.19. The highest BCUT2D eigenvalue weighted by molar-refractivity contribution is 6.10. The lowest BCUT2D eigenvalue weighted by Crippen LogP contribution is -2.12. The van der Waals surface area contributed by atoms with Gasteiger partial charge in [0.25, 0.3) is 0 Å². The lowest BCUT2D eigenvalue weighted by atomic mass is 9.82. The Labute approximate surface area is 208 Å². The van der Waals surface area contributed by atoms with Crippen LogP contribution in [0.15, 0.2) is 91.3 Å². The molecule has 0 atom stereocenters. The van der Waals surface area contributed by atoms with Crippen molar-refractivity contribution in [2.75, 3.05) is 0 Å². The molecule has 0 unspecified atom stereocenters. The summed E-state index contributed by atoms with van der Waals surface area (Å²) in [4.78, 5) is 9.50. The van der Waals surface area contributed by atoms with E-state index in [4.69, 9.17) is 9.97 Å². The number of hydrogen-bond acceptors (Lipinski definition) is 2. The largest absolute Gasteiger partial charge is 0.256 e. The van der Waals surface area contributed by atoms with Crippen LogP contribution >= 0.6 is 0 Å². The molecule has 0 bridgehead atoms. The number of halogens is 2. The number of hydrogen-bond donors (Lipinski definition) is 0. The van der Waals surface area contributed by atoms with Crippen LogP contribution in [-0.4, -0.2) is 9.97 Å². The predicted molar refractivity (Wildman–Crippen MR) is 144 cm³/mol. The van der Waals surface area contributed by atoms with Crippen LogP contribution in [-0.2, 0) is 5.41 Å². The van der Waals surface area contributed by atoms with Gasteiger partial charge >= 0.3 is 0 Å². The minimum Gasteiger partial charge on any atom is -0.256 e. The molecule has 0 spiro atoms. The van der Waals surface area contributed by atoms with Crippen molar-refractivity contribution >= 4 is 32.4 Å². The van der Waals surface area contributed by atoms with Crippen LogP contribution in [0.4, 0.5) is 8.78 Å². The zero-order chi connectivity index (χ0) is 25.0. The first kappa shape index (κ1) is 22.3. The zero-order valence-corrected chi connectivity index (χ0v) is 20.3. The summed E-state index contributed by atoms with van der Waals surface area (Å²) < 4.78 is 27.8. The molecule has 6 aromatic rings. The van der Waals surface area contributed by atoms with Gasteiger partial charge in [0.15, 0.2) is 0 Å². The fraction of sp³-hybridized carbons (Fsp3) is 0.125. The van der Waals surface area contributed by atoms with E-state index in [-0.39, 0.29) is 5.41 Å². The highest BCUT2D eigenvalue weighted by Crippen LogP contribution is 2.37. The summed E-state index contributed by atoms with van der Waals surface area (Å²) in [5, 5.41) is 5.37. The fourth-order valence-electron chi connectivity index (χ4n) is 5.03. The van der Waals surface area contributed by atoms with Gasteiger partial charge < -0.3 is 0 Å². The molecule has 4 aromatic carbocycles. The first-order valence-electron chi connectivity index (χ1n) is 12.0. The van der Waals surface area contributed by atoms with Crippen molar-refractivity contribution in [3.05, 3.63) is 108 Å². The van der Waals surface area contributed by atoms with Crippen LogP contribution < -0.4 is 0 Å². The molecule has 0 N–H and O–H groups in total. The van der Waals surface area contributed by atoms with Crippen molar-refractivity contribution in [2.24, 2.45) is 0 Å². The van der Waals surface area contributed by atoms with Gasteiger partial charge in [0.2, 0.25) is 0 Å². The number of fused-ring (bicyclic) bond motifs is 4. The topological polar surface area (TPSA) is 25.8 Å². The number of rotatable bonds is 2. The molecule has 0 amide bonds. The van der Waals surface area contributed by atoms with E-state index in [9.17, 15) is 8.78 Å². The Balaban J connectivity index is 1.55. The van der Waals surface area contributed by atoms with Gasteiger partial charge in [0, 0.05) is 40.4 Å². The predicted octanol–water partition coefficient (Wildman–Crippen LogP) is 8.85. The van der Waals surface area contributed by atoms with Gasteiger partial charge in [0.1, 0.15) is 11.6 Å². The Morgan fingerprint density at radius 2 is 1.50 bits per heavy atom. The van der Waals surface area contributed by atoms with E-state index in [0.717, 1.165) is 39.0 Å². The summed E-state index contributed by atoms with van der Waals surface area (Å²) >= 11 is 0. The smallest absolute Gasteiger partial charge is 0.133 e. The Bertz CT molecular complexity index is 1800. The summed E-state index contributed by atoms with van der Waals surface area (Å²) in [6, 6.07) is 24.2. The van der Waals surface area contributed by atoms with E-state index in [2.05, 4.69) is 57.2 Å². The van der Waals surface area contributed by atoms with Gasteiger partial charge in [-0.05, 0) is 69.1 Å². The van der Waals surface area contributed by atoms with Crippen LogP contribution in [0, 0.1) is 11.6 Å². The molecule has 36 heavy (non-hydrogen) atoms. The van der Waals surface area contributed by atoms with E-state index in [1.807, 2.05) is 36.7 Å². The lowest BCUT2D eigenvalue weighted by Gasteiger charge is -2.23. The molecular weight excluding hydrogens is 450 g/mol. The van der Waals surface area contributed by atoms with Gasteiger partial charge in [-0.25, -0.2) is 8.78 Å². The van der Waals surface area contributed by atoms with Gasteiger partial charge in [-0.3, -0.25) is 9.97 Å². The highest BCUT2D eigenvalue weighted by atomic mass is 19.1. The summed E-state index contributed by atoms with van der Waals surface area (Å²) in [5.41, 5.74) is 4.93. The number of nitrogens with zero attached hydrogens (tertiary/aromatic N) is 2. The van der Waals surface area contributed by atoms with Gasteiger partial charge in [-0.2, -0.15) is 0 Å². The van der Waals surface area contributed by atoms with Crippen LogP contribution in [0.2, 0.25) is 0 Å². The second-order valence-corrected chi connectivity index (χ2v) is 10.2. The normalized spacial score (nSPS) is 12.0. The third kappa shape index (κ3) is 3.70. The maximum absolute atomic E-state index is 14.4. The number of aromatic nitrogens is 2. The first-order valence-corrected chi connectivity index (χ1v) is 12.0. The summed E-state index contributed by atoms with van der Waals surface area (Å²) in [6.45, 7) is 6.68. The van der Waals surface area contributed by atoms with Crippen LogP contribution in [0.3, 0.4) is 0 Å². The molecule has 0 saturated carbocycles. The molecule has 0 radical (unpaired) electrons. The quantitative estimate of drug-likeness (QED) is 0.234. The molecule has 6 rings (SSSR count). The SMILES string of the molecule is CC(C)(C)c1cc(-c2nccc3c2cnc2cc(-c4ccc(F)cc4F)ccc23)cc2ccccc12. The van der Waals surface area contributed by atoms with Crippen molar-refractivity contribution in [1.82, 2.24) is 9.97 Å². The van der Waals surface area contributed by atoms with Crippen molar-refractivity contribution in [3.8, 4) is 22.4 Å². The van der Waals surface area contributed by atoms with Crippen LogP contribution in [0.5, 0.6) is 0 Å². The molecule has 0 aliphatic rings. The summed E-state index contributed by atoms with van der Waals surface area (Å²) in [7, 11) is 0. The second kappa shape index (κ2) is 8.20. The number of benzene rings is 4. The molecule has 0 aliphatic heterocycles. The van der Waals surface area contributed by atoms with Gasteiger partial charge in [-0.1, -0.05) is 57.2 Å². The van der Waals surface area contributed by atoms with Crippen molar-refractivity contribution in [3.63, 3.8) is 0 Å². The molecule has 2 aromatic heterocycles. The molecule has 0 fully saturated rings. The van der Waals surface area contributed by atoms with E-state index in [1.54, 1.807) is 0 Å². The molecule has 2 nitrogen and oxygen atoms in total. The van der Waals surface area contributed by atoms with E-state index < -0.39 is 11.6 Å². The maximum Gasteiger partial charge on any atom is 0.133 e. The molecule has 0 aliphatic carbocycles. The average Bonchev–Trinajstić information content (AvgIpc) is 2.86. The molecule has 0 saturated heterocycles. The average molecular weight is 475 g/mol. The fourth-order valence-corrected chi connectivity index (χ4v) is 5.03. The van der Waals surface area contributed by atoms with Gasteiger partial charge in [-0.15, -0.1) is 0 Å². The Morgan fingerprint density at radius 1 is 0.667 bits per heavy atom. The first-order chi connectivity index (χ1) is 17.3. The van der Waals surface area contributed by atoms with E-state index in [0.29, 0.717) is 11.1 Å². The molecule has 176 valence electrons. The zero-order valence-electron chi connectivity index (χ0n) is 20.3. The maximum atomic E-state index is 14.4. The van der Waals surface area contributed by atoms with E-state index in [1.165, 1.54) is 28.5 Å². The monoisotopic (exact) mass is 474 g/mol. The van der Waals surface area contributed by atoms with Crippen LogP contribution in [0.1, 0.15) is 26.3 Å². The van der Waals surface area contributed by atoms with Crippen molar-refractivity contribution in [2.45, 2.75) is 26.2 Å². The minimum absolute atomic E-state index is 0.0306. The third-order valence-corrected chi connectivity index (χ3v) is 6.80. The van der Waals surface area contributed by atoms with E-state index >= 15 is 0 Å². The summed E-state index contributed by atoms with van der Waals surface area (Å²) in [6.07, 6.45) is 3.67. The van der Waals surface area contributed by atoms with Gasteiger partial charge in [0.05, 0.1) is 11.2 Å². The Hall–Kier alpha value is -4.18. The molecular formula is C32H24F2N2. The lowest BCUT2D eigenvalue weighted by molar-refractivity contribution is 0.585. The Kier molecular flexibility index (Phi) is 5.08. The molecule has 2 heterocycles. The van der Waals surface area contributed by atoms with Crippen LogP contribution in [0.25, 0.3) is 54.8 Å². The second-order valence-electron chi connectivity index (χ2n) is 10.2. The third-order valence-electron chi connectivity index (χ3n) is 6.80. The Morgan fingerprint density at radius 3 is 2.31 bits per heavy atom. The van der Waals surface area contributed by atoms with Crippen molar-refractivity contribution in [1.29, 1.82) is 0 Å². The number of pyridine rings is 2. The summed E-state index contributed by atoms with van der Waals surface area (Å²) in [5.74, 6) is -1.18. The minimum atomic E-state index is -0.593. The standard InChI is InChI=1S/C32H24F2N2/c1-32(2,3)28-15-21(14-19-6-4-5-7-23(19)28)31-27-18-36-30-16-20(24-11-9-22(33)17-29(24)34)8-10-26(30)25(27)12-13-35-31/h4-18H,1-3H3. The van der Waals surface area contributed by atoms with Crippen molar-refractivity contribution < 1.29 is 8.78 Å². The molecule has 4 heteroatoms.